The van der Waals surface area contributed by atoms with Crippen LogP contribution in [-0.2, 0) is 22.6 Å². The maximum Gasteiger partial charge on any atom is 0.335 e. The van der Waals surface area contributed by atoms with Crippen LogP contribution in [0.3, 0.4) is 0 Å². The topological polar surface area (TPSA) is 128 Å². The van der Waals surface area contributed by atoms with Crippen LogP contribution < -0.4 is 19.7 Å². The first-order valence-corrected chi connectivity index (χ1v) is 11.4. The maximum atomic E-state index is 13.2. The van der Waals surface area contributed by atoms with E-state index in [-0.39, 0.29) is 29.4 Å². The number of carbonyl (C=O) groups excluding carboxylic acids is 3. The highest BCUT2D eigenvalue weighted by molar-refractivity contribution is 6.39. The van der Waals surface area contributed by atoms with Gasteiger partial charge in [-0.2, -0.15) is 0 Å². The Morgan fingerprint density at radius 3 is 2.30 bits per heavy atom. The minimum atomic E-state index is -0.964. The fraction of sp³-hybridized carbons (Fsp3) is 0.148. The lowest BCUT2D eigenvalue weighted by Crippen LogP contribution is -2.54. The van der Waals surface area contributed by atoms with E-state index in [1.54, 1.807) is 24.3 Å². The molecule has 1 saturated heterocycles. The first-order chi connectivity index (χ1) is 17.8. The summed E-state index contributed by atoms with van der Waals surface area (Å²) in [5.74, 6) is -1.59. The van der Waals surface area contributed by atoms with Crippen LogP contribution >= 0.6 is 0 Å². The van der Waals surface area contributed by atoms with E-state index in [4.69, 9.17) is 9.47 Å². The van der Waals surface area contributed by atoms with Crippen molar-refractivity contribution in [2.45, 2.75) is 20.0 Å². The summed E-state index contributed by atoms with van der Waals surface area (Å²) in [5.41, 5.74) is 1.19. The predicted octanol–water partition coefficient (Wildman–Crippen LogP) is 4.41. The smallest absolute Gasteiger partial charge is 0.335 e. The number of hydrogen-bond donors (Lipinski definition) is 1. The summed E-state index contributed by atoms with van der Waals surface area (Å²) in [5, 5.41) is 14.0. The fourth-order valence-corrected chi connectivity index (χ4v) is 3.77. The van der Waals surface area contributed by atoms with Gasteiger partial charge in [-0.15, -0.1) is 0 Å². The van der Waals surface area contributed by atoms with Crippen molar-refractivity contribution in [3.63, 3.8) is 0 Å². The average molecular weight is 501 g/mol. The van der Waals surface area contributed by atoms with Gasteiger partial charge in [-0.25, -0.2) is 9.69 Å². The van der Waals surface area contributed by atoms with Crippen molar-refractivity contribution >= 4 is 35.3 Å². The van der Waals surface area contributed by atoms with Gasteiger partial charge >= 0.3 is 6.03 Å². The molecule has 0 aromatic heterocycles. The van der Waals surface area contributed by atoms with Crippen molar-refractivity contribution in [1.82, 2.24) is 5.32 Å². The monoisotopic (exact) mass is 501 g/mol. The summed E-state index contributed by atoms with van der Waals surface area (Å²) < 4.78 is 11.1. The zero-order valence-electron chi connectivity index (χ0n) is 20.1. The summed E-state index contributed by atoms with van der Waals surface area (Å²) in [7, 11) is 1.37. The van der Waals surface area contributed by atoms with Crippen LogP contribution in [0.2, 0.25) is 0 Å². The number of methoxy groups -OCH3 is 1. The van der Waals surface area contributed by atoms with Crippen LogP contribution in [0.5, 0.6) is 11.5 Å². The molecule has 0 atom stereocenters. The number of nitrogens with one attached hydrogen (secondary N) is 1. The molecule has 1 heterocycles. The normalized spacial score (nSPS) is 14.5. The molecule has 4 rings (SSSR count). The molecule has 0 radical (unpaired) electrons. The van der Waals surface area contributed by atoms with Crippen LogP contribution in [0, 0.1) is 10.1 Å². The van der Waals surface area contributed by atoms with E-state index < -0.39 is 34.0 Å². The quantitative estimate of drug-likeness (QED) is 0.210. The molecule has 0 bridgehead atoms. The molecule has 1 fully saturated rings. The summed E-state index contributed by atoms with van der Waals surface area (Å²) in [6.07, 6.45) is 1.83. The number of benzene rings is 3. The number of urea groups is 1. The van der Waals surface area contributed by atoms with E-state index in [0.29, 0.717) is 0 Å². The van der Waals surface area contributed by atoms with Gasteiger partial charge in [-0.3, -0.25) is 25.0 Å². The van der Waals surface area contributed by atoms with Crippen LogP contribution in [0.1, 0.15) is 23.6 Å². The lowest BCUT2D eigenvalue weighted by atomic mass is 10.0. The van der Waals surface area contributed by atoms with Gasteiger partial charge in [0.15, 0.2) is 11.5 Å². The van der Waals surface area contributed by atoms with E-state index in [1.165, 1.54) is 19.2 Å². The third kappa shape index (κ3) is 5.32. The molecule has 188 valence electrons. The number of ether oxygens (including phenoxy) is 2. The molecule has 1 aliphatic heterocycles. The largest absolute Gasteiger partial charge is 0.493 e. The number of nitro benzene ring substituents is 1. The second kappa shape index (κ2) is 10.7. The van der Waals surface area contributed by atoms with Crippen molar-refractivity contribution in [2.75, 3.05) is 12.0 Å². The predicted molar refractivity (Wildman–Crippen MR) is 135 cm³/mol. The lowest BCUT2D eigenvalue weighted by Gasteiger charge is -2.26. The first-order valence-electron chi connectivity index (χ1n) is 11.4. The number of imide groups is 2. The van der Waals surface area contributed by atoms with Gasteiger partial charge in [0.25, 0.3) is 17.5 Å². The SMILES string of the molecule is CCc1ccc(N2C(=O)NC(=O)/C(=C/c3cc(OC)c(OCc4ccccc4)cc3[N+](=O)[O-])C2=O)cc1. The van der Waals surface area contributed by atoms with Crippen LogP contribution in [0.15, 0.2) is 72.3 Å². The standard InChI is InChI=1S/C27H23N3O7/c1-3-17-9-11-20(12-10-17)29-26(32)21(25(31)28-27(29)33)13-19-14-23(36-2)24(15-22(19)30(34)35)37-16-18-7-5-4-6-8-18/h4-15H,3,16H2,1-2H3,(H,28,31,33)/b21-13-. The molecule has 0 spiro atoms. The van der Waals surface area contributed by atoms with Gasteiger partial charge in [0.2, 0.25) is 0 Å². The number of hydrogen-bond acceptors (Lipinski definition) is 7. The molecule has 1 N–H and O–H groups in total. The summed E-state index contributed by atoms with van der Waals surface area (Å²) >= 11 is 0. The number of anilines is 1. The van der Waals surface area contributed by atoms with Crippen LogP contribution in [0.4, 0.5) is 16.2 Å². The molecule has 4 amide bonds. The van der Waals surface area contributed by atoms with Crippen molar-refractivity contribution in [1.29, 1.82) is 0 Å². The Balaban J connectivity index is 1.71. The molecule has 10 nitrogen and oxygen atoms in total. The molecule has 10 heteroatoms. The van der Waals surface area contributed by atoms with Gasteiger partial charge < -0.3 is 9.47 Å². The zero-order chi connectivity index (χ0) is 26.5. The third-order valence-electron chi connectivity index (χ3n) is 5.75. The molecule has 0 aliphatic carbocycles. The minimum absolute atomic E-state index is 0.0666. The lowest BCUT2D eigenvalue weighted by molar-refractivity contribution is -0.385. The van der Waals surface area contributed by atoms with Crippen LogP contribution in [-0.4, -0.2) is 29.9 Å². The van der Waals surface area contributed by atoms with Gasteiger partial charge in [0.05, 0.1) is 29.4 Å². The Hall–Kier alpha value is -4.99. The Labute approximate surface area is 212 Å². The number of nitro groups is 1. The van der Waals surface area contributed by atoms with E-state index in [0.717, 1.165) is 28.5 Å². The van der Waals surface area contributed by atoms with E-state index in [2.05, 4.69) is 5.32 Å². The summed E-state index contributed by atoms with van der Waals surface area (Å²) in [6.45, 7) is 2.11. The number of amides is 4. The molecular weight excluding hydrogens is 478 g/mol. The van der Waals surface area contributed by atoms with Gasteiger partial charge in [0, 0.05) is 0 Å². The average Bonchev–Trinajstić information content (AvgIpc) is 2.90. The second-order valence-electron chi connectivity index (χ2n) is 8.07. The number of barbiturate groups is 1. The highest BCUT2D eigenvalue weighted by Gasteiger charge is 2.37. The molecule has 37 heavy (non-hydrogen) atoms. The number of nitrogens with zero attached hydrogens (tertiary/aromatic N) is 2. The number of rotatable bonds is 8. The molecule has 3 aromatic carbocycles. The molecule has 3 aromatic rings. The number of aryl methyl sites for hydroxylation is 1. The minimum Gasteiger partial charge on any atom is -0.493 e. The zero-order valence-corrected chi connectivity index (χ0v) is 20.1. The van der Waals surface area contributed by atoms with Crippen molar-refractivity contribution < 1.29 is 28.8 Å². The van der Waals surface area contributed by atoms with Crippen molar-refractivity contribution in [3.8, 4) is 11.5 Å². The first kappa shape index (κ1) is 25.1. The molecular formula is C27H23N3O7. The highest BCUT2D eigenvalue weighted by atomic mass is 16.6. The van der Waals surface area contributed by atoms with E-state index in [1.807, 2.05) is 37.3 Å². The highest BCUT2D eigenvalue weighted by Crippen LogP contribution is 2.37. The third-order valence-corrected chi connectivity index (χ3v) is 5.75. The molecule has 1 aliphatic rings. The summed E-state index contributed by atoms with van der Waals surface area (Å²) in [6, 6.07) is 17.5. The van der Waals surface area contributed by atoms with E-state index in [9.17, 15) is 24.5 Å². The van der Waals surface area contributed by atoms with Gasteiger partial charge in [-0.05, 0) is 41.8 Å². The Kier molecular flexibility index (Phi) is 7.28. The summed E-state index contributed by atoms with van der Waals surface area (Å²) in [4.78, 5) is 50.3. The van der Waals surface area contributed by atoms with E-state index >= 15 is 0 Å². The second-order valence-corrected chi connectivity index (χ2v) is 8.07. The van der Waals surface area contributed by atoms with Crippen LogP contribution in [0.25, 0.3) is 6.08 Å². The van der Waals surface area contributed by atoms with Crippen molar-refractivity contribution in [2.24, 2.45) is 0 Å². The fourth-order valence-electron chi connectivity index (χ4n) is 3.77. The van der Waals surface area contributed by atoms with Gasteiger partial charge in [-0.1, -0.05) is 49.4 Å². The Bertz CT molecular complexity index is 1400. The molecule has 0 saturated carbocycles. The molecule has 0 unspecified atom stereocenters. The number of carbonyl (C=O) groups is 3. The maximum absolute atomic E-state index is 13.2. The van der Waals surface area contributed by atoms with Gasteiger partial charge in [0.1, 0.15) is 12.2 Å². The van der Waals surface area contributed by atoms with Crippen molar-refractivity contribution in [3.05, 3.63) is 99.1 Å². The Morgan fingerprint density at radius 2 is 1.68 bits per heavy atom. The Morgan fingerprint density at radius 1 is 0.973 bits per heavy atom.